The number of hydrogen-bond acceptors (Lipinski definition) is 6. The molecule has 8 nitrogen and oxygen atoms in total. The van der Waals surface area contributed by atoms with E-state index in [1.54, 1.807) is 0 Å². The highest BCUT2D eigenvalue weighted by atomic mass is 19.4. The van der Waals surface area contributed by atoms with Gasteiger partial charge in [0.25, 0.3) is 5.91 Å². The van der Waals surface area contributed by atoms with Crippen LogP contribution in [0.25, 0.3) is 0 Å². The van der Waals surface area contributed by atoms with E-state index in [0.29, 0.717) is 11.1 Å². The van der Waals surface area contributed by atoms with Crippen LogP contribution in [0.3, 0.4) is 0 Å². The number of fused-ring (bicyclic) bond motifs is 1. The number of nitrogen functional groups attached to an aromatic ring is 1. The van der Waals surface area contributed by atoms with Crippen molar-refractivity contribution in [3.63, 3.8) is 0 Å². The van der Waals surface area contributed by atoms with Crippen molar-refractivity contribution in [2.24, 2.45) is 0 Å². The van der Waals surface area contributed by atoms with Gasteiger partial charge in [-0.25, -0.2) is 0 Å². The van der Waals surface area contributed by atoms with E-state index in [4.69, 9.17) is 5.73 Å². The van der Waals surface area contributed by atoms with Crippen LogP contribution in [-0.2, 0) is 16.1 Å². The first-order chi connectivity index (χ1) is 15.5. The Morgan fingerprint density at radius 2 is 1.97 bits per heavy atom. The van der Waals surface area contributed by atoms with Crippen LogP contribution >= 0.6 is 0 Å². The Morgan fingerprint density at radius 3 is 2.64 bits per heavy atom. The van der Waals surface area contributed by atoms with Gasteiger partial charge in [-0.2, -0.15) is 13.2 Å². The number of amides is 3. The Bertz CT molecular complexity index is 1120. The van der Waals surface area contributed by atoms with Gasteiger partial charge in [-0.3, -0.25) is 24.6 Å². The van der Waals surface area contributed by atoms with Crippen LogP contribution in [0.5, 0.6) is 0 Å². The number of nitrogens with zero attached hydrogens (tertiary/aromatic N) is 1. The molecule has 2 aliphatic rings. The Hall–Kier alpha value is -3.44. The summed E-state index contributed by atoms with van der Waals surface area (Å²) in [6.45, 7) is 0.0990. The largest absolute Gasteiger partial charge is 0.412 e. The van der Waals surface area contributed by atoms with Crippen molar-refractivity contribution in [3.05, 3.63) is 64.7 Å². The number of halogens is 3. The molecular formula is C22H21F3N4O4. The number of nitrogens with two attached hydrogens (primary N) is 1. The van der Waals surface area contributed by atoms with Crippen molar-refractivity contribution in [3.8, 4) is 0 Å². The fourth-order valence-electron chi connectivity index (χ4n) is 4.18. The molecule has 2 aliphatic heterocycles. The van der Waals surface area contributed by atoms with E-state index in [1.807, 2.05) is 5.32 Å². The van der Waals surface area contributed by atoms with E-state index in [9.17, 15) is 32.7 Å². The molecule has 0 bridgehead atoms. The standard InChI is InChI=1S/C22H21F3N4O4/c23-22(24,25)18(11-2-1-3-14(26)9-11)28-19(31)12-4-5-15-13(8-12)10-29(21(15)33)16-6-7-17(30)27-20(16)32/h1-5,8-9,16,18,21,33H,6-7,10,26H2,(H,28,31)(H,27,30,32)/t16?,18-,21?/m1/s1. The third kappa shape index (κ3) is 4.55. The molecule has 33 heavy (non-hydrogen) atoms. The second kappa shape index (κ2) is 8.49. The lowest BCUT2D eigenvalue weighted by Crippen LogP contribution is -2.51. The maximum absolute atomic E-state index is 13.6. The normalized spacial score (nSPS) is 21.9. The molecule has 2 heterocycles. The topological polar surface area (TPSA) is 125 Å². The first-order valence-electron chi connectivity index (χ1n) is 10.2. The summed E-state index contributed by atoms with van der Waals surface area (Å²) in [6, 6.07) is 6.36. The van der Waals surface area contributed by atoms with E-state index in [0.717, 1.165) is 6.07 Å². The fourth-order valence-corrected chi connectivity index (χ4v) is 4.18. The molecule has 2 aromatic rings. The molecule has 2 unspecified atom stereocenters. The number of carbonyl (C=O) groups is 3. The number of aliphatic hydroxyl groups excluding tert-OH is 1. The van der Waals surface area contributed by atoms with Crippen LogP contribution in [-0.4, -0.2) is 39.9 Å². The highest BCUT2D eigenvalue weighted by molar-refractivity contribution is 6.00. The van der Waals surface area contributed by atoms with E-state index in [2.05, 4.69) is 5.32 Å². The molecular weight excluding hydrogens is 441 g/mol. The number of carbonyl (C=O) groups excluding carboxylic acids is 3. The molecule has 2 aromatic carbocycles. The highest BCUT2D eigenvalue weighted by Crippen LogP contribution is 2.37. The zero-order valence-electron chi connectivity index (χ0n) is 17.2. The first-order valence-corrected chi connectivity index (χ1v) is 10.2. The predicted octanol–water partition coefficient (Wildman–Crippen LogP) is 1.91. The number of anilines is 1. The van der Waals surface area contributed by atoms with E-state index < -0.39 is 36.3 Å². The predicted molar refractivity (Wildman–Crippen MR) is 110 cm³/mol. The number of aliphatic hydroxyl groups is 1. The summed E-state index contributed by atoms with van der Waals surface area (Å²) in [5.74, 6) is -1.86. The minimum absolute atomic E-state index is 0.0239. The maximum atomic E-state index is 13.6. The summed E-state index contributed by atoms with van der Waals surface area (Å²) in [7, 11) is 0. The van der Waals surface area contributed by atoms with Crippen molar-refractivity contribution >= 4 is 23.4 Å². The van der Waals surface area contributed by atoms with Gasteiger partial charge in [-0.1, -0.05) is 18.2 Å². The van der Waals surface area contributed by atoms with Crippen molar-refractivity contribution in [1.29, 1.82) is 0 Å². The number of nitrogens with one attached hydrogen (secondary N) is 2. The van der Waals surface area contributed by atoms with Gasteiger partial charge in [0.05, 0.1) is 6.04 Å². The molecule has 4 rings (SSSR count). The fraction of sp³-hybridized carbons (Fsp3) is 0.318. The van der Waals surface area contributed by atoms with Crippen LogP contribution < -0.4 is 16.4 Å². The van der Waals surface area contributed by atoms with Crippen LogP contribution in [0.1, 0.15) is 52.2 Å². The van der Waals surface area contributed by atoms with E-state index in [-0.39, 0.29) is 42.1 Å². The average molecular weight is 462 g/mol. The third-order valence-corrected chi connectivity index (χ3v) is 5.81. The lowest BCUT2D eigenvalue weighted by Gasteiger charge is -2.31. The number of rotatable bonds is 4. The van der Waals surface area contributed by atoms with E-state index >= 15 is 0 Å². The molecule has 11 heteroatoms. The zero-order chi connectivity index (χ0) is 23.9. The number of benzene rings is 2. The third-order valence-electron chi connectivity index (χ3n) is 5.81. The van der Waals surface area contributed by atoms with Gasteiger partial charge < -0.3 is 16.2 Å². The lowest BCUT2D eigenvalue weighted by atomic mass is 10.0. The molecule has 3 amide bonds. The highest BCUT2D eigenvalue weighted by Gasteiger charge is 2.43. The van der Waals surface area contributed by atoms with Crippen molar-refractivity contribution in [2.75, 3.05) is 5.73 Å². The quantitative estimate of drug-likeness (QED) is 0.407. The SMILES string of the molecule is Nc1cccc([C@@H](NC(=O)c2ccc3c(c2)CN(C2CCC(=O)NC2=O)C3O)C(F)(F)F)c1. The molecule has 0 aromatic heterocycles. The first kappa shape index (κ1) is 22.7. The summed E-state index contributed by atoms with van der Waals surface area (Å²) in [5, 5.41) is 14.9. The van der Waals surface area contributed by atoms with Crippen molar-refractivity contribution in [2.45, 2.75) is 43.9 Å². The van der Waals surface area contributed by atoms with Gasteiger partial charge >= 0.3 is 6.18 Å². The van der Waals surface area contributed by atoms with Gasteiger partial charge in [0.15, 0.2) is 6.04 Å². The average Bonchev–Trinajstić information content (AvgIpc) is 3.06. The monoisotopic (exact) mass is 462 g/mol. The lowest BCUT2D eigenvalue weighted by molar-refractivity contribution is -0.155. The number of alkyl halides is 3. The molecule has 174 valence electrons. The van der Waals surface area contributed by atoms with Crippen LogP contribution in [0.2, 0.25) is 0 Å². The molecule has 5 N–H and O–H groups in total. The maximum Gasteiger partial charge on any atom is 0.412 e. The van der Waals surface area contributed by atoms with Gasteiger partial charge in [0.1, 0.15) is 6.23 Å². The van der Waals surface area contributed by atoms with Crippen molar-refractivity contribution in [1.82, 2.24) is 15.5 Å². The zero-order valence-corrected chi connectivity index (χ0v) is 17.2. The van der Waals surface area contributed by atoms with Gasteiger partial charge in [-0.05, 0) is 47.4 Å². The number of hydrogen-bond donors (Lipinski definition) is 4. The number of imide groups is 1. The molecule has 1 saturated heterocycles. The molecule has 0 aliphatic carbocycles. The Morgan fingerprint density at radius 1 is 1.21 bits per heavy atom. The van der Waals surface area contributed by atoms with Crippen LogP contribution in [0.15, 0.2) is 42.5 Å². The Kier molecular flexibility index (Phi) is 5.85. The van der Waals surface area contributed by atoms with Gasteiger partial charge in [0.2, 0.25) is 11.8 Å². The number of piperidine rings is 1. The summed E-state index contributed by atoms with van der Waals surface area (Å²) in [5.41, 5.74) is 6.46. The molecule has 0 saturated carbocycles. The Labute approximate surface area is 186 Å². The summed E-state index contributed by atoms with van der Waals surface area (Å²) < 4.78 is 40.9. The van der Waals surface area contributed by atoms with Crippen molar-refractivity contribution < 1.29 is 32.7 Å². The minimum Gasteiger partial charge on any atom is -0.399 e. The second-order valence-corrected chi connectivity index (χ2v) is 8.04. The molecule has 1 fully saturated rings. The van der Waals surface area contributed by atoms with Crippen LogP contribution in [0, 0.1) is 0 Å². The molecule has 3 atom stereocenters. The van der Waals surface area contributed by atoms with Gasteiger partial charge in [-0.15, -0.1) is 0 Å². The Balaban J connectivity index is 1.54. The van der Waals surface area contributed by atoms with E-state index in [1.165, 1.54) is 41.3 Å². The summed E-state index contributed by atoms with van der Waals surface area (Å²) in [6.07, 6.45) is -5.53. The molecule has 0 radical (unpaired) electrons. The molecule has 0 spiro atoms. The minimum atomic E-state index is -4.75. The second-order valence-electron chi connectivity index (χ2n) is 8.04. The smallest absolute Gasteiger partial charge is 0.399 e. The summed E-state index contributed by atoms with van der Waals surface area (Å²) in [4.78, 5) is 37.7. The van der Waals surface area contributed by atoms with Crippen LogP contribution in [0.4, 0.5) is 18.9 Å². The van der Waals surface area contributed by atoms with Gasteiger partial charge in [0, 0.05) is 24.2 Å². The summed E-state index contributed by atoms with van der Waals surface area (Å²) >= 11 is 0.